The summed E-state index contributed by atoms with van der Waals surface area (Å²) in [6.45, 7) is 3.89. The van der Waals surface area contributed by atoms with Crippen LogP contribution in [-0.2, 0) is 6.42 Å². The smallest absolute Gasteiger partial charge is 0.273 e. The molecule has 1 aliphatic heterocycles. The van der Waals surface area contributed by atoms with Crippen LogP contribution in [0.25, 0.3) is 0 Å². The normalized spacial score (nSPS) is 14.8. The highest BCUT2D eigenvalue weighted by atomic mass is 32.1. The van der Waals surface area contributed by atoms with E-state index in [0.717, 1.165) is 11.4 Å². The molecule has 24 heavy (non-hydrogen) atoms. The van der Waals surface area contributed by atoms with Crippen molar-refractivity contribution in [2.24, 2.45) is 0 Å². The van der Waals surface area contributed by atoms with Gasteiger partial charge < -0.3 is 9.80 Å². The van der Waals surface area contributed by atoms with E-state index < -0.39 is 0 Å². The fourth-order valence-electron chi connectivity index (χ4n) is 2.62. The molecule has 7 heteroatoms. The summed E-state index contributed by atoms with van der Waals surface area (Å²) in [5.74, 6) is -0.583. The minimum atomic E-state index is -0.364. The number of nitrogens with zero attached hydrogens (tertiary/aromatic N) is 3. The largest absolute Gasteiger partial charge is 0.335 e. The van der Waals surface area contributed by atoms with Gasteiger partial charge in [-0.15, -0.1) is 11.3 Å². The lowest BCUT2D eigenvalue weighted by atomic mass is 10.1. The number of carbonyl (C=O) groups is 2. The third kappa shape index (κ3) is 3.46. The van der Waals surface area contributed by atoms with E-state index in [2.05, 4.69) is 4.98 Å². The maximum atomic E-state index is 12.9. The van der Waals surface area contributed by atoms with E-state index in [1.54, 1.807) is 15.2 Å². The molecule has 1 aromatic carbocycles. The van der Waals surface area contributed by atoms with Gasteiger partial charge in [-0.3, -0.25) is 9.59 Å². The second kappa shape index (κ2) is 7.09. The first kappa shape index (κ1) is 16.6. The Kier molecular flexibility index (Phi) is 4.89. The third-order valence-corrected chi connectivity index (χ3v) is 5.01. The summed E-state index contributed by atoms with van der Waals surface area (Å²) in [6.07, 6.45) is 0.817. The zero-order chi connectivity index (χ0) is 17.1. The average Bonchev–Trinajstić information content (AvgIpc) is 3.10. The van der Waals surface area contributed by atoms with Crippen LogP contribution in [0.1, 0.15) is 32.8 Å². The Morgan fingerprint density at radius 2 is 1.67 bits per heavy atom. The molecule has 0 aliphatic carbocycles. The van der Waals surface area contributed by atoms with Gasteiger partial charge in [0.15, 0.2) is 0 Å². The van der Waals surface area contributed by atoms with Crippen LogP contribution in [0.4, 0.5) is 4.39 Å². The van der Waals surface area contributed by atoms with Crippen LogP contribution >= 0.6 is 11.3 Å². The van der Waals surface area contributed by atoms with Gasteiger partial charge in [-0.25, -0.2) is 9.37 Å². The van der Waals surface area contributed by atoms with Gasteiger partial charge in [-0.1, -0.05) is 6.92 Å². The lowest BCUT2D eigenvalue weighted by Gasteiger charge is -2.34. The Bertz CT molecular complexity index is 737. The number of carbonyl (C=O) groups excluding carboxylic acids is 2. The fraction of sp³-hybridized carbons (Fsp3) is 0.353. The molecule has 0 spiro atoms. The van der Waals surface area contributed by atoms with Crippen LogP contribution in [0, 0.1) is 5.82 Å². The average molecular weight is 347 g/mol. The molecule has 2 amide bonds. The van der Waals surface area contributed by atoms with E-state index in [1.165, 1.54) is 35.6 Å². The molecule has 3 rings (SSSR count). The van der Waals surface area contributed by atoms with Crippen molar-refractivity contribution in [1.29, 1.82) is 0 Å². The summed E-state index contributed by atoms with van der Waals surface area (Å²) in [4.78, 5) is 32.6. The Morgan fingerprint density at radius 3 is 2.21 bits per heavy atom. The predicted molar refractivity (Wildman–Crippen MR) is 89.7 cm³/mol. The summed E-state index contributed by atoms with van der Waals surface area (Å²) in [7, 11) is 0. The Labute approximate surface area is 143 Å². The Morgan fingerprint density at radius 1 is 1.08 bits per heavy atom. The molecule has 1 aromatic heterocycles. The lowest BCUT2D eigenvalue weighted by molar-refractivity contribution is 0.0532. The van der Waals surface area contributed by atoms with E-state index in [-0.39, 0.29) is 17.6 Å². The predicted octanol–water partition coefficient (Wildman–Crippen LogP) is 2.44. The molecule has 1 aliphatic rings. The molecular formula is C17H18FN3O2S. The number of rotatable bonds is 3. The van der Waals surface area contributed by atoms with Crippen LogP contribution in [0.3, 0.4) is 0 Å². The number of amides is 2. The first-order valence-electron chi connectivity index (χ1n) is 7.87. The van der Waals surface area contributed by atoms with Crippen molar-refractivity contribution in [3.8, 4) is 0 Å². The quantitative estimate of drug-likeness (QED) is 0.857. The summed E-state index contributed by atoms with van der Waals surface area (Å²) in [5.41, 5.74) is 0.943. The van der Waals surface area contributed by atoms with Gasteiger partial charge in [0.25, 0.3) is 11.8 Å². The fourth-order valence-corrected chi connectivity index (χ4v) is 3.34. The van der Waals surface area contributed by atoms with Crippen LogP contribution < -0.4 is 0 Å². The zero-order valence-corrected chi connectivity index (χ0v) is 14.2. The number of hydrogen-bond acceptors (Lipinski definition) is 4. The van der Waals surface area contributed by atoms with Gasteiger partial charge in [0.2, 0.25) is 0 Å². The summed E-state index contributed by atoms with van der Waals surface area (Å²) < 4.78 is 12.9. The molecule has 1 saturated heterocycles. The lowest BCUT2D eigenvalue weighted by Crippen LogP contribution is -2.50. The summed E-state index contributed by atoms with van der Waals surface area (Å²) >= 11 is 1.49. The van der Waals surface area contributed by atoms with Crippen molar-refractivity contribution in [3.63, 3.8) is 0 Å². The molecule has 0 N–H and O–H groups in total. The monoisotopic (exact) mass is 347 g/mol. The zero-order valence-electron chi connectivity index (χ0n) is 13.4. The second-order valence-electron chi connectivity index (χ2n) is 5.57. The molecule has 0 radical (unpaired) electrons. The minimum Gasteiger partial charge on any atom is -0.335 e. The molecule has 2 heterocycles. The number of benzene rings is 1. The standard InChI is InChI=1S/C17H18FN3O2S/c1-2-15-19-14(11-24-15)17(23)21-9-7-20(8-10-21)16(22)12-3-5-13(18)6-4-12/h3-6,11H,2,7-10H2,1H3. The SMILES string of the molecule is CCc1nc(C(=O)N2CCN(C(=O)c3ccc(F)cc3)CC2)cs1. The number of aromatic nitrogens is 1. The number of thiazole rings is 1. The summed E-state index contributed by atoms with van der Waals surface area (Å²) in [6, 6.07) is 5.52. The highest BCUT2D eigenvalue weighted by molar-refractivity contribution is 7.09. The highest BCUT2D eigenvalue weighted by Gasteiger charge is 2.26. The molecule has 1 fully saturated rings. The van der Waals surface area contributed by atoms with Gasteiger partial charge in [0.05, 0.1) is 5.01 Å². The van der Waals surface area contributed by atoms with Crippen LogP contribution in [-0.4, -0.2) is 52.8 Å². The topological polar surface area (TPSA) is 53.5 Å². The Balaban J connectivity index is 1.60. The van der Waals surface area contributed by atoms with Gasteiger partial charge in [-0.2, -0.15) is 0 Å². The van der Waals surface area contributed by atoms with Crippen LogP contribution in [0.5, 0.6) is 0 Å². The summed E-state index contributed by atoms with van der Waals surface area (Å²) in [5, 5.41) is 2.74. The van der Waals surface area contributed by atoms with Crippen molar-refractivity contribution in [2.45, 2.75) is 13.3 Å². The molecular weight excluding hydrogens is 329 g/mol. The van der Waals surface area contributed by atoms with Crippen molar-refractivity contribution >= 4 is 23.2 Å². The third-order valence-electron chi connectivity index (χ3n) is 4.02. The second-order valence-corrected chi connectivity index (χ2v) is 6.51. The van der Waals surface area contributed by atoms with E-state index >= 15 is 0 Å². The highest BCUT2D eigenvalue weighted by Crippen LogP contribution is 2.15. The number of halogens is 1. The van der Waals surface area contributed by atoms with Crippen molar-refractivity contribution in [2.75, 3.05) is 26.2 Å². The maximum absolute atomic E-state index is 12.9. The van der Waals surface area contributed by atoms with E-state index in [0.29, 0.717) is 37.4 Å². The molecule has 0 unspecified atom stereocenters. The molecule has 0 saturated carbocycles. The molecule has 0 atom stereocenters. The minimum absolute atomic E-state index is 0.0835. The van der Waals surface area contributed by atoms with Crippen LogP contribution in [0.2, 0.25) is 0 Å². The first-order chi connectivity index (χ1) is 11.6. The number of hydrogen-bond donors (Lipinski definition) is 0. The van der Waals surface area contributed by atoms with Crippen molar-refractivity contribution in [3.05, 3.63) is 51.7 Å². The number of piperazine rings is 1. The van der Waals surface area contributed by atoms with Gasteiger partial charge in [-0.05, 0) is 30.7 Å². The Hall–Kier alpha value is -2.28. The van der Waals surface area contributed by atoms with Gasteiger partial charge in [0, 0.05) is 37.1 Å². The van der Waals surface area contributed by atoms with Crippen LogP contribution in [0.15, 0.2) is 29.6 Å². The maximum Gasteiger partial charge on any atom is 0.273 e. The van der Waals surface area contributed by atoms with E-state index in [4.69, 9.17) is 0 Å². The first-order valence-corrected chi connectivity index (χ1v) is 8.75. The molecule has 2 aromatic rings. The van der Waals surface area contributed by atoms with Gasteiger partial charge >= 0.3 is 0 Å². The van der Waals surface area contributed by atoms with Crippen molar-refractivity contribution < 1.29 is 14.0 Å². The van der Waals surface area contributed by atoms with Crippen molar-refractivity contribution in [1.82, 2.24) is 14.8 Å². The molecule has 5 nitrogen and oxygen atoms in total. The van der Waals surface area contributed by atoms with E-state index in [9.17, 15) is 14.0 Å². The molecule has 126 valence electrons. The van der Waals surface area contributed by atoms with Gasteiger partial charge in [0.1, 0.15) is 11.5 Å². The molecule has 0 bridgehead atoms. The van der Waals surface area contributed by atoms with E-state index in [1.807, 2.05) is 6.92 Å². The number of aryl methyl sites for hydroxylation is 1.